The summed E-state index contributed by atoms with van der Waals surface area (Å²) >= 11 is 0. The summed E-state index contributed by atoms with van der Waals surface area (Å²) in [5.41, 5.74) is 0.799. The third-order valence-corrected chi connectivity index (χ3v) is 7.14. The second-order valence-electron chi connectivity index (χ2n) is 6.84. The average molecular weight is 404 g/mol. The van der Waals surface area contributed by atoms with Gasteiger partial charge in [-0.2, -0.15) is 0 Å². The van der Waals surface area contributed by atoms with Gasteiger partial charge in [0, 0.05) is 19.2 Å². The quantitative estimate of drug-likeness (QED) is 0.711. The largest absolute Gasteiger partial charge is 0.497 e. The van der Waals surface area contributed by atoms with Crippen molar-refractivity contribution in [2.24, 2.45) is 0 Å². The summed E-state index contributed by atoms with van der Waals surface area (Å²) in [7, 11) is -1.66. The zero-order valence-corrected chi connectivity index (χ0v) is 16.7. The van der Waals surface area contributed by atoms with E-state index in [1.54, 1.807) is 36.3 Å². The van der Waals surface area contributed by atoms with E-state index in [0.29, 0.717) is 37.4 Å². The maximum atomic E-state index is 12.7. The lowest BCUT2D eigenvalue weighted by atomic mass is 10.1. The van der Waals surface area contributed by atoms with Crippen molar-refractivity contribution in [3.63, 3.8) is 0 Å². The monoisotopic (exact) mass is 403 g/mol. The zero-order chi connectivity index (χ0) is 20.0. The molecule has 0 aromatic heterocycles. The van der Waals surface area contributed by atoms with Gasteiger partial charge in [-0.3, -0.25) is 4.79 Å². The van der Waals surface area contributed by atoms with E-state index in [1.807, 2.05) is 30.3 Å². The van der Waals surface area contributed by atoms with E-state index < -0.39 is 15.1 Å². The molecule has 6 nitrogen and oxygen atoms in total. The van der Waals surface area contributed by atoms with Crippen molar-refractivity contribution < 1.29 is 22.7 Å². The van der Waals surface area contributed by atoms with Crippen molar-refractivity contribution >= 4 is 15.7 Å². The van der Waals surface area contributed by atoms with Crippen molar-refractivity contribution in [1.82, 2.24) is 4.90 Å². The molecule has 1 saturated heterocycles. The number of piperidine rings is 1. The number of carbonyl (C=O) groups excluding carboxylic acids is 1. The Morgan fingerprint density at radius 2 is 1.71 bits per heavy atom. The van der Waals surface area contributed by atoms with E-state index in [4.69, 9.17) is 9.47 Å². The van der Waals surface area contributed by atoms with E-state index in [2.05, 4.69) is 0 Å². The van der Waals surface area contributed by atoms with Crippen LogP contribution in [-0.4, -0.2) is 51.3 Å². The normalized spacial score (nSPS) is 15.2. The Morgan fingerprint density at radius 3 is 2.39 bits per heavy atom. The zero-order valence-electron chi connectivity index (χ0n) is 15.9. The third-order valence-electron chi connectivity index (χ3n) is 4.92. The Bertz CT molecular complexity index is 890. The average Bonchev–Trinajstić information content (AvgIpc) is 2.72. The molecule has 1 fully saturated rings. The first kappa shape index (κ1) is 20.2. The highest BCUT2D eigenvalue weighted by Crippen LogP contribution is 2.22. The number of hydrogen-bond donors (Lipinski definition) is 0. The molecule has 0 saturated carbocycles. The summed E-state index contributed by atoms with van der Waals surface area (Å²) in [6.45, 7) is 0.784. The number of nitrogens with zero attached hydrogens (tertiary/aromatic N) is 1. The van der Waals surface area contributed by atoms with Crippen LogP contribution in [-0.2, 0) is 20.4 Å². The number of benzene rings is 2. The van der Waals surface area contributed by atoms with Crippen LogP contribution in [0.4, 0.5) is 0 Å². The van der Waals surface area contributed by atoms with Gasteiger partial charge in [0.2, 0.25) is 0 Å². The number of likely N-dealkylation sites (tertiary alicyclic amines) is 1. The molecule has 0 aliphatic carbocycles. The molecular weight excluding hydrogens is 378 g/mol. The summed E-state index contributed by atoms with van der Waals surface area (Å²) < 4.78 is 36.0. The Labute approximate surface area is 166 Å². The minimum Gasteiger partial charge on any atom is -0.497 e. The van der Waals surface area contributed by atoms with Crippen LogP contribution in [0.15, 0.2) is 54.6 Å². The Morgan fingerprint density at radius 1 is 1.04 bits per heavy atom. The molecule has 0 bridgehead atoms. The van der Waals surface area contributed by atoms with Crippen LogP contribution in [0.3, 0.4) is 0 Å². The number of rotatable bonds is 7. The lowest BCUT2D eigenvalue weighted by Crippen LogP contribution is -2.44. The molecule has 28 heavy (non-hydrogen) atoms. The van der Waals surface area contributed by atoms with Crippen LogP contribution < -0.4 is 9.47 Å². The summed E-state index contributed by atoms with van der Waals surface area (Å²) in [6, 6.07) is 16.3. The molecule has 2 aromatic rings. The minimum atomic E-state index is -3.23. The van der Waals surface area contributed by atoms with E-state index in [0.717, 1.165) is 5.56 Å². The fraction of sp³-hybridized carbons (Fsp3) is 0.381. The summed E-state index contributed by atoms with van der Waals surface area (Å²) in [5, 5.41) is -0.406. The van der Waals surface area contributed by atoms with Gasteiger partial charge in [-0.1, -0.05) is 36.4 Å². The lowest BCUT2D eigenvalue weighted by Gasteiger charge is -2.31. The number of carbonyl (C=O) groups is 1. The van der Waals surface area contributed by atoms with E-state index in [1.165, 1.54) is 0 Å². The first-order chi connectivity index (χ1) is 13.5. The van der Waals surface area contributed by atoms with Crippen LogP contribution >= 0.6 is 0 Å². The molecule has 2 aromatic carbocycles. The highest BCUT2D eigenvalue weighted by Gasteiger charge is 2.31. The van der Waals surface area contributed by atoms with E-state index >= 15 is 0 Å². The fourth-order valence-electron chi connectivity index (χ4n) is 3.32. The molecule has 0 unspecified atom stereocenters. The van der Waals surface area contributed by atoms with Crippen molar-refractivity contribution in [2.75, 3.05) is 26.8 Å². The second kappa shape index (κ2) is 9.10. The van der Waals surface area contributed by atoms with Gasteiger partial charge in [-0.05, 0) is 30.5 Å². The molecule has 0 atom stereocenters. The second-order valence-corrected chi connectivity index (χ2v) is 9.12. The van der Waals surface area contributed by atoms with Crippen molar-refractivity contribution in [1.29, 1.82) is 0 Å². The van der Waals surface area contributed by atoms with Crippen LogP contribution in [0.2, 0.25) is 0 Å². The first-order valence-corrected chi connectivity index (χ1v) is 11.0. The highest BCUT2D eigenvalue weighted by molar-refractivity contribution is 7.91. The van der Waals surface area contributed by atoms with Crippen LogP contribution in [0.1, 0.15) is 18.4 Å². The third kappa shape index (κ3) is 5.25. The number of ether oxygens (including phenoxy) is 2. The minimum absolute atomic E-state index is 0.0470. The number of sulfone groups is 1. The molecular formula is C21H25NO5S. The molecule has 7 heteroatoms. The SMILES string of the molecule is COc1cccc(OCC(=O)N2CCC(S(=O)(=O)Cc3ccccc3)CC2)c1. The van der Waals surface area contributed by atoms with Gasteiger partial charge in [0.1, 0.15) is 11.5 Å². The Balaban J connectivity index is 1.49. The summed E-state index contributed by atoms with van der Waals surface area (Å²) in [4.78, 5) is 14.1. The number of hydrogen-bond acceptors (Lipinski definition) is 5. The molecule has 0 spiro atoms. The summed E-state index contributed by atoms with van der Waals surface area (Å²) in [6.07, 6.45) is 0.917. The summed E-state index contributed by atoms with van der Waals surface area (Å²) in [5.74, 6) is 1.13. The first-order valence-electron chi connectivity index (χ1n) is 9.28. The standard InChI is InChI=1S/C21H25NO5S/c1-26-18-8-5-9-19(14-18)27-15-21(23)22-12-10-20(11-13-22)28(24,25)16-17-6-3-2-4-7-17/h2-9,14,20H,10-13,15-16H2,1H3. The molecule has 3 rings (SSSR count). The van der Waals surface area contributed by atoms with Crippen LogP contribution in [0.5, 0.6) is 11.5 Å². The molecule has 0 N–H and O–H groups in total. The van der Waals surface area contributed by atoms with Crippen molar-refractivity contribution in [2.45, 2.75) is 23.8 Å². The van der Waals surface area contributed by atoms with Crippen LogP contribution in [0.25, 0.3) is 0 Å². The lowest BCUT2D eigenvalue weighted by molar-refractivity contribution is -0.134. The van der Waals surface area contributed by atoms with Crippen molar-refractivity contribution in [3.05, 3.63) is 60.2 Å². The predicted molar refractivity (Wildman–Crippen MR) is 107 cm³/mol. The van der Waals surface area contributed by atoms with Gasteiger partial charge in [0.05, 0.1) is 18.1 Å². The number of amides is 1. The molecule has 1 amide bonds. The Kier molecular flexibility index (Phi) is 6.57. The van der Waals surface area contributed by atoms with Gasteiger partial charge in [0.15, 0.2) is 16.4 Å². The van der Waals surface area contributed by atoms with Crippen LogP contribution in [0, 0.1) is 0 Å². The molecule has 1 aliphatic rings. The molecule has 0 radical (unpaired) electrons. The van der Waals surface area contributed by atoms with E-state index in [-0.39, 0.29) is 18.3 Å². The maximum Gasteiger partial charge on any atom is 0.260 e. The van der Waals surface area contributed by atoms with Crippen molar-refractivity contribution in [3.8, 4) is 11.5 Å². The highest BCUT2D eigenvalue weighted by atomic mass is 32.2. The molecule has 1 aliphatic heterocycles. The Hall–Kier alpha value is -2.54. The molecule has 150 valence electrons. The smallest absolute Gasteiger partial charge is 0.260 e. The molecule has 1 heterocycles. The maximum absolute atomic E-state index is 12.7. The van der Waals surface area contributed by atoms with Gasteiger partial charge < -0.3 is 14.4 Å². The predicted octanol–water partition coefficient (Wildman–Crippen LogP) is 2.68. The fourth-order valence-corrected chi connectivity index (χ4v) is 5.14. The van der Waals surface area contributed by atoms with E-state index in [9.17, 15) is 13.2 Å². The number of methoxy groups -OCH3 is 1. The van der Waals surface area contributed by atoms with Gasteiger partial charge in [-0.15, -0.1) is 0 Å². The van der Waals surface area contributed by atoms with Gasteiger partial charge in [0.25, 0.3) is 5.91 Å². The topological polar surface area (TPSA) is 72.9 Å². The van der Waals surface area contributed by atoms with Gasteiger partial charge in [-0.25, -0.2) is 8.42 Å². The van der Waals surface area contributed by atoms with Gasteiger partial charge >= 0.3 is 0 Å².